The Labute approximate surface area is 340 Å². The first-order valence-corrected chi connectivity index (χ1v) is 21.6. The van der Waals surface area contributed by atoms with Gasteiger partial charge in [0.2, 0.25) is 0 Å². The number of nitrogens with zero attached hydrogens (tertiary/aromatic N) is 5. The van der Waals surface area contributed by atoms with Gasteiger partial charge in [-0.05, 0) is 95.9 Å². The van der Waals surface area contributed by atoms with Crippen molar-refractivity contribution in [2.75, 3.05) is 31.1 Å². The second-order valence-corrected chi connectivity index (χ2v) is 18.9. The lowest BCUT2D eigenvalue weighted by atomic mass is 9.84. The number of ether oxygens (including phenoxy) is 2. The number of esters is 1. The van der Waals surface area contributed by atoms with Crippen LogP contribution in [0.1, 0.15) is 110 Å². The quantitative estimate of drug-likeness (QED) is 0.193. The number of aryl methyl sites for hydroxylation is 1. The molecule has 3 aliphatic rings. The predicted octanol–water partition coefficient (Wildman–Crippen LogP) is 8.02. The van der Waals surface area contributed by atoms with Crippen molar-refractivity contribution in [2.45, 2.75) is 130 Å². The van der Waals surface area contributed by atoms with Gasteiger partial charge in [0.05, 0.1) is 40.6 Å². The van der Waals surface area contributed by atoms with Crippen LogP contribution in [0.3, 0.4) is 0 Å². The van der Waals surface area contributed by atoms with Crippen molar-refractivity contribution in [3.05, 3.63) is 52.1 Å². The Kier molecular flexibility index (Phi) is 11.7. The summed E-state index contributed by atoms with van der Waals surface area (Å²) in [7, 11) is 0. The van der Waals surface area contributed by atoms with Crippen LogP contribution in [0.4, 0.5) is 10.5 Å². The molecule has 2 N–H and O–H groups in total. The first kappa shape index (κ1) is 40.7. The van der Waals surface area contributed by atoms with Crippen LogP contribution in [0, 0.1) is 5.41 Å². The molecule has 3 aromatic heterocycles. The topological polar surface area (TPSA) is 131 Å². The van der Waals surface area contributed by atoms with E-state index in [1.807, 2.05) is 5.38 Å². The number of rotatable bonds is 5. The summed E-state index contributed by atoms with van der Waals surface area (Å²) in [5.41, 5.74) is 10.5. The molecule has 6 heterocycles. The number of benzene rings is 1. The predicted molar refractivity (Wildman–Crippen MR) is 225 cm³/mol. The summed E-state index contributed by atoms with van der Waals surface area (Å²) in [6.45, 7) is 19.7. The lowest BCUT2D eigenvalue weighted by Crippen LogP contribution is -2.60. The van der Waals surface area contributed by atoms with Crippen LogP contribution >= 0.6 is 11.3 Å². The van der Waals surface area contributed by atoms with Gasteiger partial charge in [0.1, 0.15) is 17.7 Å². The molecule has 1 aromatic carbocycles. The zero-order valence-corrected chi connectivity index (χ0v) is 35.7. The number of fused-ring (bicyclic) bond motifs is 6. The highest BCUT2D eigenvalue weighted by Crippen LogP contribution is 2.43. The molecule has 0 spiro atoms. The van der Waals surface area contributed by atoms with Crippen molar-refractivity contribution < 1.29 is 23.9 Å². The highest BCUT2D eigenvalue weighted by Gasteiger charge is 2.36. The molecule has 306 valence electrons. The van der Waals surface area contributed by atoms with Crippen LogP contribution in [0.5, 0.6) is 0 Å². The van der Waals surface area contributed by atoms with Crippen molar-refractivity contribution >= 4 is 45.9 Å². The van der Waals surface area contributed by atoms with E-state index in [-0.39, 0.29) is 24.9 Å². The van der Waals surface area contributed by atoms with Gasteiger partial charge in [0, 0.05) is 65.4 Å². The minimum absolute atomic E-state index is 0.159. The lowest BCUT2D eigenvalue weighted by Gasteiger charge is -2.35. The molecule has 0 saturated carbocycles. The van der Waals surface area contributed by atoms with E-state index in [1.54, 1.807) is 20.8 Å². The van der Waals surface area contributed by atoms with Crippen LogP contribution in [-0.4, -0.2) is 81.4 Å². The minimum atomic E-state index is -0.973. The highest BCUT2D eigenvalue weighted by atomic mass is 32.1. The molecular weight excluding hydrogens is 739 g/mol. The number of piperidine rings is 1. The SMILES string of the molecule is CCn1c(-c2cc(N3CCCCC3)cnc2C(C)C)c2c3cc(ccc31)-c1csc(n1)C[C@H](NC(=O)OC(C)(C)C)C(=O)N1CCC[C@H](N1)C(=O)OCC(C)(C)C2. The molecule has 2 atom stereocenters. The van der Waals surface area contributed by atoms with E-state index < -0.39 is 35.2 Å². The van der Waals surface area contributed by atoms with Crippen LogP contribution < -0.4 is 15.6 Å². The number of anilines is 1. The van der Waals surface area contributed by atoms with E-state index in [4.69, 9.17) is 19.4 Å². The maximum absolute atomic E-state index is 14.1. The molecule has 0 radical (unpaired) electrons. The van der Waals surface area contributed by atoms with Crippen molar-refractivity contribution in [1.82, 2.24) is 30.3 Å². The molecule has 7 rings (SSSR count). The van der Waals surface area contributed by atoms with Gasteiger partial charge in [-0.3, -0.25) is 19.6 Å². The summed E-state index contributed by atoms with van der Waals surface area (Å²) in [4.78, 5) is 53.6. The van der Waals surface area contributed by atoms with Crippen molar-refractivity contribution in [1.29, 1.82) is 0 Å². The van der Waals surface area contributed by atoms with Crippen LogP contribution in [0.15, 0.2) is 35.8 Å². The van der Waals surface area contributed by atoms with E-state index in [0.717, 1.165) is 64.4 Å². The lowest BCUT2D eigenvalue weighted by molar-refractivity contribution is -0.155. The Balaban J connectivity index is 1.37. The average molecular weight is 798 g/mol. The number of pyridine rings is 1. The minimum Gasteiger partial charge on any atom is -0.464 e. The highest BCUT2D eigenvalue weighted by molar-refractivity contribution is 7.10. The maximum Gasteiger partial charge on any atom is 0.408 e. The molecular formula is C44H59N7O5S. The van der Waals surface area contributed by atoms with E-state index in [0.29, 0.717) is 30.8 Å². The summed E-state index contributed by atoms with van der Waals surface area (Å²) < 4.78 is 14.1. The summed E-state index contributed by atoms with van der Waals surface area (Å²) >= 11 is 1.46. The fourth-order valence-corrected chi connectivity index (χ4v) is 9.25. The van der Waals surface area contributed by atoms with Gasteiger partial charge in [0.15, 0.2) is 0 Å². The van der Waals surface area contributed by atoms with Gasteiger partial charge >= 0.3 is 12.1 Å². The third-order valence-corrected chi connectivity index (χ3v) is 12.0. The van der Waals surface area contributed by atoms with E-state index in [2.05, 4.69) is 85.3 Å². The first-order chi connectivity index (χ1) is 27.1. The van der Waals surface area contributed by atoms with Gasteiger partial charge < -0.3 is 24.3 Å². The molecule has 0 aliphatic carbocycles. The fraction of sp³-hybridized carbons (Fsp3) is 0.568. The number of hydrogen-bond donors (Lipinski definition) is 2. The van der Waals surface area contributed by atoms with Gasteiger partial charge in [-0.25, -0.2) is 15.2 Å². The molecule has 4 aromatic rings. The Morgan fingerprint density at radius 2 is 1.88 bits per heavy atom. The van der Waals surface area contributed by atoms with Crippen molar-refractivity contribution in [2.24, 2.45) is 5.41 Å². The second-order valence-electron chi connectivity index (χ2n) is 17.9. The normalized spacial score (nSPS) is 20.7. The number of amides is 2. The summed E-state index contributed by atoms with van der Waals surface area (Å²) in [5.74, 6) is -0.566. The zero-order chi connectivity index (χ0) is 40.6. The molecule has 57 heavy (non-hydrogen) atoms. The molecule has 13 heteroatoms. The van der Waals surface area contributed by atoms with Crippen molar-refractivity contribution in [3.63, 3.8) is 0 Å². The van der Waals surface area contributed by atoms with Gasteiger partial charge in [-0.1, -0.05) is 33.8 Å². The standard InChI is InChI=1S/C44H59N7O5S/c1-9-50-36-16-15-28-20-30(36)32(39(50)31-21-29(24-45-38(31)27(2)3)49-17-11-10-12-18-49)23-44(7,8)26-55-41(53)33-14-13-19-51(48-33)40(52)34(22-37-46-35(28)25-57-37)47-42(54)56-43(4,5)6/h15-16,20-21,24-25,27,33-34,48H,9-14,17-19,22-23,26H2,1-8H3,(H,47,54)/t33-,34-/m0/s1. The van der Waals surface area contributed by atoms with E-state index >= 15 is 0 Å². The number of hydrazine groups is 1. The Morgan fingerprint density at radius 1 is 1.11 bits per heavy atom. The number of carbonyl (C=O) groups is 3. The number of alkyl carbamates (subject to hydrolysis) is 1. The molecule has 0 unspecified atom stereocenters. The van der Waals surface area contributed by atoms with Crippen LogP contribution in [0.25, 0.3) is 33.4 Å². The number of aromatic nitrogens is 3. The number of cyclic esters (lactones) is 1. The molecule has 2 amide bonds. The maximum atomic E-state index is 14.1. The number of thiazole rings is 1. The number of carbonyl (C=O) groups excluding carboxylic acids is 3. The third kappa shape index (κ3) is 8.99. The van der Waals surface area contributed by atoms with Gasteiger partial charge in [0.25, 0.3) is 5.91 Å². The molecule has 2 fully saturated rings. The van der Waals surface area contributed by atoms with Crippen LogP contribution in [0.2, 0.25) is 0 Å². The molecule has 3 aliphatic heterocycles. The van der Waals surface area contributed by atoms with Crippen molar-refractivity contribution in [3.8, 4) is 22.5 Å². The molecule has 2 saturated heterocycles. The zero-order valence-electron chi connectivity index (χ0n) is 34.9. The second kappa shape index (κ2) is 16.4. The summed E-state index contributed by atoms with van der Waals surface area (Å²) in [5, 5.41) is 8.09. The van der Waals surface area contributed by atoms with Gasteiger partial charge in [-0.15, -0.1) is 11.3 Å². The Hall–Kier alpha value is -4.49. The van der Waals surface area contributed by atoms with Crippen LogP contribution in [-0.2, 0) is 38.4 Å². The average Bonchev–Trinajstić information content (AvgIpc) is 3.77. The largest absolute Gasteiger partial charge is 0.464 e. The molecule has 12 nitrogen and oxygen atoms in total. The van der Waals surface area contributed by atoms with Gasteiger partial charge in [-0.2, -0.15) is 0 Å². The first-order valence-electron chi connectivity index (χ1n) is 20.7. The Bertz CT molecular complexity index is 2130. The monoisotopic (exact) mass is 797 g/mol. The van der Waals surface area contributed by atoms with E-state index in [9.17, 15) is 14.4 Å². The molecule has 6 bridgehead atoms. The smallest absolute Gasteiger partial charge is 0.408 e. The van der Waals surface area contributed by atoms with E-state index in [1.165, 1.54) is 41.2 Å². The number of nitrogens with one attached hydrogen (secondary N) is 2. The Morgan fingerprint density at radius 3 is 2.60 bits per heavy atom. The third-order valence-electron chi connectivity index (χ3n) is 11.1. The number of hydrogen-bond acceptors (Lipinski definition) is 10. The summed E-state index contributed by atoms with van der Waals surface area (Å²) in [6.07, 6.45) is 6.92. The fourth-order valence-electron chi connectivity index (χ4n) is 8.40. The summed E-state index contributed by atoms with van der Waals surface area (Å²) in [6, 6.07) is 7.24.